The van der Waals surface area contributed by atoms with Gasteiger partial charge in [-0.15, -0.1) is 12.4 Å². The summed E-state index contributed by atoms with van der Waals surface area (Å²) in [7, 11) is -1.53. The van der Waals surface area contributed by atoms with E-state index in [2.05, 4.69) is 97.7 Å². The monoisotopic (exact) mass is 348 g/mol. The Labute approximate surface area is 145 Å². The lowest BCUT2D eigenvalue weighted by atomic mass is 10.4. The van der Waals surface area contributed by atoms with E-state index in [0.29, 0.717) is 0 Å². The van der Waals surface area contributed by atoms with Crippen LogP contribution in [0.3, 0.4) is 0 Å². The second-order valence-electron chi connectivity index (χ2n) is 5.01. The standard InChI is InChI=1S/C19H18P.2ClH/c1-20(17-11-5-2-6-12-17,18-13-7-3-8-14-18)19-15-9-4-10-16-19;;/h2-16H,1H3;2*1H/q+1;;/p-1. The first kappa shape index (κ1) is 18.7. The molecule has 3 rings (SSSR count). The third kappa shape index (κ3) is 3.52. The van der Waals surface area contributed by atoms with Crippen LogP contribution in [-0.4, -0.2) is 6.66 Å². The first-order valence-corrected chi connectivity index (χ1v) is 9.09. The van der Waals surface area contributed by atoms with Gasteiger partial charge >= 0.3 is 0 Å². The molecule has 0 N–H and O–H groups in total. The molecule has 0 atom stereocenters. The summed E-state index contributed by atoms with van der Waals surface area (Å²) in [6, 6.07) is 32.6. The number of hydrogen-bond donors (Lipinski definition) is 0. The van der Waals surface area contributed by atoms with Gasteiger partial charge in [-0.1, -0.05) is 54.6 Å². The molecule has 0 aromatic heterocycles. The Morgan fingerprint density at radius 1 is 0.500 bits per heavy atom. The smallest absolute Gasteiger partial charge is 0.109 e. The van der Waals surface area contributed by atoms with Gasteiger partial charge in [-0.05, 0) is 36.4 Å². The van der Waals surface area contributed by atoms with E-state index in [9.17, 15) is 0 Å². The molecule has 0 aliphatic carbocycles. The number of hydrogen-bond acceptors (Lipinski definition) is 0. The van der Waals surface area contributed by atoms with E-state index < -0.39 is 7.26 Å². The van der Waals surface area contributed by atoms with Crippen molar-refractivity contribution in [1.29, 1.82) is 0 Å². The van der Waals surface area contributed by atoms with Crippen molar-refractivity contribution in [3.63, 3.8) is 0 Å². The fourth-order valence-corrected chi connectivity index (χ4v) is 5.83. The van der Waals surface area contributed by atoms with Gasteiger partial charge in [0.2, 0.25) is 0 Å². The molecule has 0 unspecified atom stereocenters. The molecule has 0 heterocycles. The molecule has 0 radical (unpaired) electrons. The predicted molar refractivity (Wildman–Crippen MR) is 98.3 cm³/mol. The molecule has 0 amide bonds. The highest BCUT2D eigenvalue weighted by Gasteiger charge is 2.39. The molecule has 3 aromatic carbocycles. The van der Waals surface area contributed by atoms with Crippen molar-refractivity contribution in [3.05, 3.63) is 91.0 Å². The summed E-state index contributed by atoms with van der Waals surface area (Å²) in [5.41, 5.74) is 0. The summed E-state index contributed by atoms with van der Waals surface area (Å²) in [5.74, 6) is 0. The Bertz CT molecular complexity index is 573. The van der Waals surface area contributed by atoms with Gasteiger partial charge in [0, 0.05) is 0 Å². The molecular formula is C19H19Cl2P. The van der Waals surface area contributed by atoms with E-state index in [1.54, 1.807) is 0 Å². The van der Waals surface area contributed by atoms with Gasteiger partial charge in [-0.3, -0.25) is 0 Å². The molecule has 0 saturated heterocycles. The van der Waals surface area contributed by atoms with E-state index in [1.807, 2.05) is 0 Å². The van der Waals surface area contributed by atoms with Crippen molar-refractivity contribution in [3.8, 4) is 0 Å². The molecule has 0 saturated carbocycles. The van der Waals surface area contributed by atoms with Crippen molar-refractivity contribution < 1.29 is 12.4 Å². The van der Waals surface area contributed by atoms with Gasteiger partial charge in [-0.25, -0.2) is 0 Å². The van der Waals surface area contributed by atoms with Crippen molar-refractivity contribution in [2.45, 2.75) is 0 Å². The molecule has 0 fully saturated rings. The Balaban J connectivity index is 0.00000121. The summed E-state index contributed by atoms with van der Waals surface area (Å²) < 4.78 is 0. The third-order valence-corrected chi connectivity index (χ3v) is 7.81. The van der Waals surface area contributed by atoms with E-state index in [1.165, 1.54) is 15.9 Å². The second-order valence-corrected chi connectivity index (χ2v) is 8.57. The largest absolute Gasteiger partial charge is 1.00 e. The molecule has 0 aliphatic rings. The van der Waals surface area contributed by atoms with Crippen LogP contribution in [0.1, 0.15) is 0 Å². The van der Waals surface area contributed by atoms with E-state index >= 15 is 0 Å². The van der Waals surface area contributed by atoms with Gasteiger partial charge in [0.15, 0.2) is 0 Å². The summed E-state index contributed by atoms with van der Waals surface area (Å²) in [5, 5.41) is 4.28. The van der Waals surface area contributed by atoms with Crippen LogP contribution in [0.25, 0.3) is 0 Å². The predicted octanol–water partition coefficient (Wildman–Crippen LogP) is 1.04. The molecule has 3 heteroatoms. The van der Waals surface area contributed by atoms with E-state index in [0.717, 1.165) is 0 Å². The highest BCUT2D eigenvalue weighted by Crippen LogP contribution is 2.51. The van der Waals surface area contributed by atoms with Gasteiger partial charge in [-0.2, -0.15) is 0 Å². The zero-order chi connectivity index (χ0) is 13.8. The first-order chi connectivity index (χ1) is 9.82. The van der Waals surface area contributed by atoms with Gasteiger partial charge in [0.05, 0.1) is 6.66 Å². The maximum absolute atomic E-state index is 2.41. The van der Waals surface area contributed by atoms with Crippen LogP contribution in [0, 0.1) is 0 Å². The quantitative estimate of drug-likeness (QED) is 0.620. The fraction of sp³-hybridized carbons (Fsp3) is 0.0526. The van der Waals surface area contributed by atoms with Crippen molar-refractivity contribution in [1.82, 2.24) is 0 Å². The third-order valence-electron chi connectivity index (χ3n) is 3.82. The zero-order valence-corrected chi connectivity index (χ0v) is 14.9. The molecule has 114 valence electrons. The highest BCUT2D eigenvalue weighted by atomic mass is 35.5. The summed E-state index contributed by atoms with van der Waals surface area (Å²) in [6.07, 6.45) is 0. The van der Waals surface area contributed by atoms with Crippen LogP contribution in [0.15, 0.2) is 91.0 Å². The molecule has 0 nitrogen and oxygen atoms in total. The average molecular weight is 349 g/mol. The Kier molecular flexibility index (Phi) is 7.10. The van der Waals surface area contributed by atoms with Crippen LogP contribution in [0.4, 0.5) is 0 Å². The van der Waals surface area contributed by atoms with Gasteiger partial charge < -0.3 is 12.4 Å². The summed E-state index contributed by atoms with van der Waals surface area (Å²) in [6.45, 7) is 2.41. The number of rotatable bonds is 3. The molecular weight excluding hydrogens is 330 g/mol. The summed E-state index contributed by atoms with van der Waals surface area (Å²) in [4.78, 5) is 0. The minimum Gasteiger partial charge on any atom is -1.00 e. The minimum atomic E-state index is -1.53. The van der Waals surface area contributed by atoms with Gasteiger partial charge in [0.25, 0.3) is 0 Å². The van der Waals surface area contributed by atoms with Gasteiger partial charge in [0.1, 0.15) is 23.2 Å². The maximum atomic E-state index is 2.41. The lowest BCUT2D eigenvalue weighted by Crippen LogP contribution is -3.00. The first-order valence-electron chi connectivity index (χ1n) is 6.85. The number of halogens is 2. The fourth-order valence-electron chi connectivity index (χ4n) is 2.63. The minimum absolute atomic E-state index is 0. The van der Waals surface area contributed by atoms with Crippen LogP contribution in [0.5, 0.6) is 0 Å². The molecule has 0 spiro atoms. The number of benzene rings is 3. The highest BCUT2D eigenvalue weighted by molar-refractivity contribution is 7.95. The van der Waals surface area contributed by atoms with Crippen LogP contribution >= 0.6 is 19.7 Å². The topological polar surface area (TPSA) is 0 Å². The summed E-state index contributed by atoms with van der Waals surface area (Å²) >= 11 is 0. The van der Waals surface area contributed by atoms with Crippen molar-refractivity contribution >= 4 is 35.6 Å². The Morgan fingerprint density at radius 3 is 0.955 bits per heavy atom. The zero-order valence-electron chi connectivity index (χ0n) is 12.4. The Morgan fingerprint density at radius 2 is 0.727 bits per heavy atom. The lowest BCUT2D eigenvalue weighted by Gasteiger charge is -2.22. The SMILES string of the molecule is C[P+](c1ccccc1)(c1ccccc1)c1ccccc1.Cl.[Cl-]. The molecule has 0 bridgehead atoms. The van der Waals surface area contributed by atoms with E-state index in [-0.39, 0.29) is 24.8 Å². The van der Waals surface area contributed by atoms with Crippen molar-refractivity contribution in [2.24, 2.45) is 0 Å². The van der Waals surface area contributed by atoms with Crippen molar-refractivity contribution in [2.75, 3.05) is 6.66 Å². The lowest BCUT2D eigenvalue weighted by molar-refractivity contribution is -0.00000407. The Hall–Kier alpha value is -1.33. The van der Waals surface area contributed by atoms with Crippen LogP contribution < -0.4 is 28.3 Å². The van der Waals surface area contributed by atoms with Crippen LogP contribution in [-0.2, 0) is 0 Å². The normalized spacial score (nSPS) is 10.2. The average Bonchev–Trinajstić information content (AvgIpc) is 2.56. The van der Waals surface area contributed by atoms with E-state index in [4.69, 9.17) is 0 Å². The molecule has 22 heavy (non-hydrogen) atoms. The van der Waals surface area contributed by atoms with Crippen LogP contribution in [0.2, 0.25) is 0 Å². The molecule has 0 aliphatic heterocycles. The molecule has 3 aromatic rings. The second kappa shape index (κ2) is 8.34. The maximum Gasteiger partial charge on any atom is 0.109 e.